The number of aromatic nitrogens is 2. The summed E-state index contributed by atoms with van der Waals surface area (Å²) in [6, 6.07) is 3.38. The summed E-state index contributed by atoms with van der Waals surface area (Å²) in [5.41, 5.74) is 1.73. The zero-order valence-corrected chi connectivity index (χ0v) is 8.92. The molecule has 2 heterocycles. The fraction of sp³-hybridized carbons (Fsp3) is 0.111. The Hall–Kier alpha value is -1.36. The third-order valence-electron chi connectivity index (χ3n) is 1.99. The van der Waals surface area contributed by atoms with E-state index in [-0.39, 0.29) is 5.69 Å². The second kappa shape index (κ2) is 3.09. The van der Waals surface area contributed by atoms with Crippen molar-refractivity contribution in [2.75, 3.05) is 0 Å². The number of fused-ring (bicyclic) bond motifs is 1. The van der Waals surface area contributed by atoms with Crippen molar-refractivity contribution in [1.29, 1.82) is 0 Å². The molecule has 14 heavy (non-hydrogen) atoms. The van der Waals surface area contributed by atoms with E-state index in [4.69, 9.17) is 5.11 Å². The number of carbonyl (C=O) groups is 1. The largest absolute Gasteiger partial charge is 0.477 e. The minimum absolute atomic E-state index is 0.183. The molecule has 2 N–H and O–H groups in total. The molecule has 0 spiro atoms. The Morgan fingerprint density at radius 3 is 2.93 bits per heavy atom. The van der Waals surface area contributed by atoms with Crippen LogP contribution in [0.4, 0.5) is 0 Å². The van der Waals surface area contributed by atoms with Crippen LogP contribution in [0.15, 0.2) is 16.7 Å². The van der Waals surface area contributed by atoms with Crippen molar-refractivity contribution in [3.63, 3.8) is 0 Å². The van der Waals surface area contributed by atoms with E-state index in [1.165, 1.54) is 0 Å². The molecule has 0 atom stereocenters. The van der Waals surface area contributed by atoms with Crippen LogP contribution < -0.4 is 0 Å². The highest BCUT2D eigenvalue weighted by Gasteiger charge is 2.09. The number of nitrogens with one attached hydrogen (secondary N) is 1. The van der Waals surface area contributed by atoms with E-state index >= 15 is 0 Å². The summed E-state index contributed by atoms with van der Waals surface area (Å²) in [6.07, 6.45) is 0. The highest BCUT2D eigenvalue weighted by molar-refractivity contribution is 9.10. The number of rotatable bonds is 1. The molecule has 2 aromatic heterocycles. The lowest BCUT2D eigenvalue weighted by atomic mass is 10.2. The molecule has 2 rings (SSSR count). The molecule has 0 saturated carbocycles. The maximum Gasteiger partial charge on any atom is 0.352 e. The number of pyridine rings is 1. The van der Waals surface area contributed by atoms with Gasteiger partial charge in [0.1, 0.15) is 10.3 Å². The van der Waals surface area contributed by atoms with Gasteiger partial charge in [-0.05, 0) is 35.0 Å². The minimum Gasteiger partial charge on any atom is -0.477 e. The van der Waals surface area contributed by atoms with E-state index in [0.29, 0.717) is 4.60 Å². The maximum atomic E-state index is 10.7. The van der Waals surface area contributed by atoms with Gasteiger partial charge >= 0.3 is 5.97 Å². The second-order valence-corrected chi connectivity index (χ2v) is 3.80. The smallest absolute Gasteiger partial charge is 0.352 e. The van der Waals surface area contributed by atoms with Crippen molar-refractivity contribution >= 4 is 32.8 Å². The second-order valence-electron chi connectivity index (χ2n) is 2.98. The Labute approximate surface area is 88.1 Å². The lowest BCUT2D eigenvalue weighted by Crippen LogP contribution is -1.95. The highest BCUT2D eigenvalue weighted by Crippen LogP contribution is 2.21. The Balaban J connectivity index is 2.76. The predicted molar refractivity (Wildman–Crippen MR) is 55.5 cm³/mol. The fourth-order valence-electron chi connectivity index (χ4n) is 1.38. The van der Waals surface area contributed by atoms with Gasteiger partial charge in [-0.1, -0.05) is 0 Å². The molecule has 0 amide bonds. The lowest BCUT2D eigenvalue weighted by molar-refractivity contribution is 0.0691. The van der Waals surface area contributed by atoms with Crippen LogP contribution in [0.3, 0.4) is 0 Å². The van der Waals surface area contributed by atoms with Crippen molar-refractivity contribution in [2.24, 2.45) is 0 Å². The molecule has 0 fully saturated rings. The first-order valence-electron chi connectivity index (χ1n) is 3.97. The van der Waals surface area contributed by atoms with E-state index in [9.17, 15) is 4.79 Å². The molecule has 2 aromatic rings. The number of aromatic amines is 1. The van der Waals surface area contributed by atoms with E-state index in [0.717, 1.165) is 16.6 Å². The van der Waals surface area contributed by atoms with Crippen LogP contribution in [0.25, 0.3) is 10.9 Å². The number of aryl methyl sites for hydroxylation is 1. The van der Waals surface area contributed by atoms with Gasteiger partial charge in [0.2, 0.25) is 0 Å². The third kappa shape index (κ3) is 1.39. The zero-order chi connectivity index (χ0) is 10.3. The van der Waals surface area contributed by atoms with E-state index in [1.54, 1.807) is 12.1 Å². The van der Waals surface area contributed by atoms with Crippen LogP contribution in [0, 0.1) is 6.92 Å². The van der Waals surface area contributed by atoms with Crippen molar-refractivity contribution in [3.05, 3.63) is 28.1 Å². The summed E-state index contributed by atoms with van der Waals surface area (Å²) in [6.45, 7) is 1.83. The minimum atomic E-state index is -0.961. The Morgan fingerprint density at radius 2 is 2.29 bits per heavy atom. The number of aromatic carboxylic acids is 1. The van der Waals surface area contributed by atoms with Crippen molar-refractivity contribution in [2.45, 2.75) is 6.92 Å². The molecule has 0 aliphatic carbocycles. The molecular formula is C9H7BrN2O2. The van der Waals surface area contributed by atoms with Crippen LogP contribution in [-0.2, 0) is 0 Å². The Bertz CT molecular complexity index is 519. The first-order chi connectivity index (χ1) is 6.58. The molecule has 0 saturated heterocycles. The van der Waals surface area contributed by atoms with Gasteiger partial charge in [0.25, 0.3) is 0 Å². The molecule has 0 aromatic carbocycles. The summed E-state index contributed by atoms with van der Waals surface area (Å²) in [5, 5.41) is 9.63. The Morgan fingerprint density at radius 1 is 1.57 bits per heavy atom. The van der Waals surface area contributed by atoms with Gasteiger partial charge in [0.05, 0.1) is 11.2 Å². The van der Waals surface area contributed by atoms with Gasteiger partial charge in [0.15, 0.2) is 0 Å². The number of carboxylic acid groups (broad SMARTS) is 1. The molecule has 0 aliphatic rings. The highest BCUT2D eigenvalue weighted by atomic mass is 79.9. The van der Waals surface area contributed by atoms with Gasteiger partial charge in [-0.3, -0.25) is 0 Å². The van der Waals surface area contributed by atoms with Gasteiger partial charge in [0, 0.05) is 5.39 Å². The zero-order valence-electron chi connectivity index (χ0n) is 7.34. The van der Waals surface area contributed by atoms with E-state index in [1.807, 2.05) is 6.92 Å². The van der Waals surface area contributed by atoms with Crippen LogP contribution in [-0.4, -0.2) is 21.0 Å². The monoisotopic (exact) mass is 254 g/mol. The molecular weight excluding hydrogens is 248 g/mol. The van der Waals surface area contributed by atoms with Gasteiger partial charge in [-0.25, -0.2) is 9.78 Å². The average Bonchev–Trinajstić information content (AvgIpc) is 2.47. The topological polar surface area (TPSA) is 66.0 Å². The standard InChI is InChI=1S/C9H7BrN2O2/c1-4-8-5(3-7(10)11-4)2-6(12-8)9(13)14/h2-3,12H,1H3,(H,13,14). The van der Waals surface area contributed by atoms with Gasteiger partial charge < -0.3 is 10.1 Å². The first-order valence-corrected chi connectivity index (χ1v) is 4.76. The van der Waals surface area contributed by atoms with E-state index in [2.05, 4.69) is 25.9 Å². The fourth-order valence-corrected chi connectivity index (χ4v) is 1.89. The SMILES string of the molecule is Cc1nc(Br)cc2cc(C(=O)O)[nH]c12. The number of nitrogens with zero attached hydrogens (tertiary/aromatic N) is 1. The van der Waals surface area contributed by atoms with Crippen LogP contribution in [0.5, 0.6) is 0 Å². The van der Waals surface area contributed by atoms with Crippen molar-refractivity contribution in [1.82, 2.24) is 9.97 Å². The number of hydrogen-bond donors (Lipinski definition) is 2. The summed E-state index contributed by atoms with van der Waals surface area (Å²) in [7, 11) is 0. The quantitative estimate of drug-likeness (QED) is 0.768. The summed E-state index contributed by atoms with van der Waals surface area (Å²) in [4.78, 5) is 17.7. The molecule has 0 aliphatic heterocycles. The molecule has 0 unspecified atom stereocenters. The number of carboxylic acids is 1. The molecule has 72 valence electrons. The van der Waals surface area contributed by atoms with Crippen LogP contribution in [0.1, 0.15) is 16.2 Å². The molecule has 5 heteroatoms. The van der Waals surface area contributed by atoms with Crippen molar-refractivity contribution in [3.8, 4) is 0 Å². The summed E-state index contributed by atoms with van der Waals surface area (Å²) >= 11 is 3.26. The van der Waals surface area contributed by atoms with Crippen LogP contribution in [0.2, 0.25) is 0 Å². The first kappa shape index (κ1) is 9.21. The number of H-pyrrole nitrogens is 1. The van der Waals surface area contributed by atoms with Crippen molar-refractivity contribution < 1.29 is 9.90 Å². The lowest BCUT2D eigenvalue weighted by Gasteiger charge is -1.95. The number of hydrogen-bond acceptors (Lipinski definition) is 2. The average molecular weight is 255 g/mol. The van der Waals surface area contributed by atoms with Crippen LogP contribution >= 0.6 is 15.9 Å². The van der Waals surface area contributed by atoms with Gasteiger partial charge in [-0.15, -0.1) is 0 Å². The Kier molecular flexibility index (Phi) is 2.03. The summed E-state index contributed by atoms with van der Waals surface area (Å²) < 4.78 is 0.707. The normalized spacial score (nSPS) is 10.7. The molecule has 4 nitrogen and oxygen atoms in total. The predicted octanol–water partition coefficient (Wildman–Crippen LogP) is 2.33. The summed E-state index contributed by atoms with van der Waals surface area (Å²) in [5.74, 6) is -0.961. The third-order valence-corrected chi connectivity index (χ3v) is 2.40. The van der Waals surface area contributed by atoms with E-state index < -0.39 is 5.97 Å². The molecule has 0 bridgehead atoms. The molecule has 0 radical (unpaired) electrons. The number of halogens is 1. The van der Waals surface area contributed by atoms with Gasteiger partial charge in [-0.2, -0.15) is 0 Å². The maximum absolute atomic E-state index is 10.7.